The number of halogens is 4. The van der Waals surface area contributed by atoms with Gasteiger partial charge in [0, 0.05) is 26.2 Å². The Labute approximate surface area is 342 Å². The molecule has 1 saturated heterocycles. The fourth-order valence-corrected chi connectivity index (χ4v) is 8.04. The summed E-state index contributed by atoms with van der Waals surface area (Å²) in [5, 5.41) is 7.35. The molecule has 0 radical (unpaired) electrons. The van der Waals surface area contributed by atoms with Crippen LogP contribution in [0, 0.1) is 6.92 Å². The maximum atomic E-state index is 14.5. The van der Waals surface area contributed by atoms with E-state index in [9.17, 15) is 27.6 Å². The highest BCUT2D eigenvalue weighted by atomic mass is 35.5. The fourth-order valence-electron chi connectivity index (χ4n) is 6.91. The van der Waals surface area contributed by atoms with E-state index in [0.717, 1.165) is 38.5 Å². The molecule has 7 aromatic rings. The summed E-state index contributed by atoms with van der Waals surface area (Å²) in [5.74, 6) is -0.463. The van der Waals surface area contributed by atoms with E-state index < -0.39 is 29.8 Å². The standard InChI is InChI=1S/C40H34ClF3N10O4S/c1-3-29-33(51-15-17-52(18-16-51)37(56)32-34(23(2)45-22-46-32)58-21-24-9-5-4-6-10-24)38(57)54-39(49-35(50-54)36-48-28-11-7-8-12-30(28)59-36)53(29)20-31(55)47-27-14-13-25(19-26(27)41)40(42,43)44/h4-14,19,22H,3,15-18,20-21H2,1-2H3,(H,47,55). The Morgan fingerprint density at radius 2 is 1.71 bits per heavy atom. The van der Waals surface area contributed by atoms with Crippen molar-refractivity contribution in [2.45, 2.75) is 39.6 Å². The van der Waals surface area contributed by atoms with Crippen molar-refractivity contribution >= 4 is 62.1 Å². The van der Waals surface area contributed by atoms with Crippen LogP contribution in [-0.2, 0) is 30.5 Å². The number of anilines is 2. The third kappa shape index (κ3) is 7.92. The molecule has 19 heteroatoms. The summed E-state index contributed by atoms with van der Waals surface area (Å²) in [6, 6.07) is 19.7. The number of para-hydroxylation sites is 1. The molecular formula is C40H34ClF3N10O4S. The first-order valence-corrected chi connectivity index (χ1v) is 19.7. The van der Waals surface area contributed by atoms with Gasteiger partial charge in [0.2, 0.25) is 17.5 Å². The molecule has 1 aliphatic rings. The van der Waals surface area contributed by atoms with Crippen molar-refractivity contribution in [2.75, 3.05) is 36.4 Å². The molecule has 0 atom stereocenters. The lowest BCUT2D eigenvalue weighted by Gasteiger charge is -2.36. The number of rotatable bonds is 10. The quantitative estimate of drug-likeness (QED) is 0.158. The zero-order valence-corrected chi connectivity index (χ0v) is 33.1. The number of thiazole rings is 1. The first-order valence-electron chi connectivity index (χ1n) is 18.5. The van der Waals surface area contributed by atoms with E-state index in [4.69, 9.17) is 21.3 Å². The van der Waals surface area contributed by atoms with Gasteiger partial charge in [-0.15, -0.1) is 16.4 Å². The molecule has 1 N–H and O–H groups in total. The van der Waals surface area contributed by atoms with Crippen LogP contribution >= 0.6 is 22.9 Å². The first-order chi connectivity index (χ1) is 28.4. The largest absolute Gasteiger partial charge is 0.485 e. The number of hydrogen-bond donors (Lipinski definition) is 1. The predicted octanol–water partition coefficient (Wildman–Crippen LogP) is 6.68. The number of carbonyl (C=O) groups excluding carboxylic acids is 2. The Morgan fingerprint density at radius 3 is 2.42 bits per heavy atom. The van der Waals surface area contributed by atoms with Gasteiger partial charge in [0.15, 0.2) is 16.5 Å². The second kappa shape index (κ2) is 16.1. The Bertz CT molecular complexity index is 2750. The highest BCUT2D eigenvalue weighted by Crippen LogP contribution is 2.34. The van der Waals surface area contributed by atoms with Crippen LogP contribution in [0.15, 0.2) is 83.9 Å². The third-order valence-electron chi connectivity index (χ3n) is 9.81. The van der Waals surface area contributed by atoms with E-state index in [2.05, 4.69) is 25.4 Å². The molecule has 8 rings (SSSR count). The molecule has 0 bridgehead atoms. The summed E-state index contributed by atoms with van der Waals surface area (Å²) in [6.45, 7) is 4.34. The lowest BCUT2D eigenvalue weighted by atomic mass is 10.2. The van der Waals surface area contributed by atoms with Gasteiger partial charge in [-0.3, -0.25) is 14.4 Å². The molecule has 3 aromatic carbocycles. The smallest absolute Gasteiger partial charge is 0.416 e. The normalized spacial score (nSPS) is 13.3. The number of aryl methyl sites for hydroxylation is 1. The molecule has 0 aliphatic carbocycles. The number of carbonyl (C=O) groups is 2. The molecule has 0 saturated carbocycles. The van der Waals surface area contributed by atoms with Gasteiger partial charge in [-0.1, -0.05) is 61.0 Å². The third-order valence-corrected chi connectivity index (χ3v) is 11.2. The monoisotopic (exact) mass is 842 g/mol. The van der Waals surface area contributed by atoms with Gasteiger partial charge in [0.05, 0.1) is 37.9 Å². The Hall–Kier alpha value is -6.40. The van der Waals surface area contributed by atoms with Crippen LogP contribution in [0.2, 0.25) is 5.02 Å². The number of hydrogen-bond acceptors (Lipinski definition) is 11. The molecule has 1 aliphatic heterocycles. The van der Waals surface area contributed by atoms with E-state index in [-0.39, 0.29) is 84.6 Å². The van der Waals surface area contributed by atoms with Crippen molar-refractivity contribution in [1.29, 1.82) is 0 Å². The first kappa shape index (κ1) is 39.4. The van der Waals surface area contributed by atoms with E-state index in [1.54, 1.807) is 16.4 Å². The molecule has 5 heterocycles. The summed E-state index contributed by atoms with van der Waals surface area (Å²) in [7, 11) is 0. The van der Waals surface area contributed by atoms with Crippen molar-refractivity contribution in [3.05, 3.63) is 123 Å². The number of nitrogens with one attached hydrogen (secondary N) is 1. The molecule has 2 amide bonds. The van der Waals surface area contributed by atoms with Gasteiger partial charge in [0.25, 0.3) is 11.5 Å². The highest BCUT2D eigenvalue weighted by molar-refractivity contribution is 7.21. The van der Waals surface area contributed by atoms with Crippen LogP contribution in [0.1, 0.15) is 39.9 Å². The van der Waals surface area contributed by atoms with Gasteiger partial charge in [-0.2, -0.15) is 22.7 Å². The number of fused-ring (bicyclic) bond motifs is 2. The lowest BCUT2D eigenvalue weighted by Crippen LogP contribution is -2.51. The van der Waals surface area contributed by atoms with Crippen LogP contribution < -0.4 is 20.5 Å². The van der Waals surface area contributed by atoms with Crippen LogP contribution in [-0.4, -0.2) is 77.0 Å². The molecule has 4 aromatic heterocycles. The summed E-state index contributed by atoms with van der Waals surface area (Å²) < 4.78 is 49.6. The second-order valence-corrected chi connectivity index (χ2v) is 15.0. The van der Waals surface area contributed by atoms with Gasteiger partial charge < -0.3 is 24.4 Å². The maximum Gasteiger partial charge on any atom is 0.416 e. The van der Waals surface area contributed by atoms with Crippen LogP contribution in [0.3, 0.4) is 0 Å². The Morgan fingerprint density at radius 1 is 0.966 bits per heavy atom. The maximum absolute atomic E-state index is 14.5. The van der Waals surface area contributed by atoms with Crippen molar-refractivity contribution in [3.8, 4) is 16.6 Å². The van der Waals surface area contributed by atoms with Gasteiger partial charge in [0.1, 0.15) is 25.2 Å². The Balaban J connectivity index is 1.11. The van der Waals surface area contributed by atoms with Crippen LogP contribution in [0.4, 0.5) is 24.5 Å². The fraction of sp³-hybridized carbons (Fsp3) is 0.250. The average molecular weight is 843 g/mol. The number of alkyl halides is 3. The van der Waals surface area contributed by atoms with Crippen molar-refractivity contribution < 1.29 is 27.5 Å². The number of nitrogens with zero attached hydrogens (tertiary/aromatic N) is 9. The van der Waals surface area contributed by atoms with E-state index in [1.165, 1.54) is 17.7 Å². The lowest BCUT2D eigenvalue weighted by molar-refractivity contribution is -0.137. The molecule has 0 spiro atoms. The molecular weight excluding hydrogens is 809 g/mol. The average Bonchev–Trinajstić information content (AvgIpc) is 3.88. The van der Waals surface area contributed by atoms with Gasteiger partial charge >= 0.3 is 6.18 Å². The molecule has 59 heavy (non-hydrogen) atoms. The molecule has 14 nitrogen and oxygen atoms in total. The van der Waals surface area contributed by atoms with Crippen LogP contribution in [0.25, 0.3) is 26.8 Å². The summed E-state index contributed by atoms with van der Waals surface area (Å²) in [4.78, 5) is 63.5. The number of benzene rings is 3. The summed E-state index contributed by atoms with van der Waals surface area (Å²) >= 11 is 7.52. The number of ether oxygens (including phenoxy) is 1. The molecule has 0 unspecified atom stereocenters. The van der Waals surface area contributed by atoms with E-state index >= 15 is 0 Å². The number of amides is 2. The van der Waals surface area contributed by atoms with Crippen LogP contribution in [0.5, 0.6) is 5.75 Å². The van der Waals surface area contributed by atoms with Crippen molar-refractivity contribution in [1.82, 2.24) is 39.0 Å². The van der Waals surface area contributed by atoms with Crippen molar-refractivity contribution in [2.24, 2.45) is 0 Å². The van der Waals surface area contributed by atoms with Crippen molar-refractivity contribution in [3.63, 3.8) is 0 Å². The molecule has 302 valence electrons. The number of aromatic nitrogens is 7. The SMILES string of the molecule is CCc1c(N2CCN(C(=O)c3ncnc(C)c3OCc3ccccc3)CC2)c(=O)n2nc(-c3nc4ccccc4s3)nc2n1CC(=O)Nc1ccc(C(F)(F)F)cc1Cl. The summed E-state index contributed by atoms with van der Waals surface area (Å²) in [5.41, 5.74) is 1.54. The zero-order chi connectivity index (χ0) is 41.4. The van der Waals surface area contributed by atoms with Gasteiger partial charge in [-0.25, -0.2) is 15.0 Å². The minimum atomic E-state index is -4.62. The topological polar surface area (TPSA) is 153 Å². The summed E-state index contributed by atoms with van der Waals surface area (Å²) in [6.07, 6.45) is -3.02. The van der Waals surface area contributed by atoms with E-state index in [1.807, 2.05) is 66.4 Å². The molecule has 1 fully saturated rings. The highest BCUT2D eigenvalue weighted by Gasteiger charge is 2.33. The minimum Gasteiger partial charge on any atom is -0.485 e. The van der Waals surface area contributed by atoms with Gasteiger partial charge in [-0.05, 0) is 49.2 Å². The Kier molecular flexibility index (Phi) is 10.8. The minimum absolute atomic E-state index is 0.0232. The number of piperazine rings is 1. The van der Waals surface area contributed by atoms with E-state index in [0.29, 0.717) is 16.4 Å². The predicted molar refractivity (Wildman–Crippen MR) is 216 cm³/mol. The second-order valence-electron chi connectivity index (χ2n) is 13.6. The zero-order valence-electron chi connectivity index (χ0n) is 31.5.